The summed E-state index contributed by atoms with van der Waals surface area (Å²) in [6, 6.07) is 6.07. The van der Waals surface area contributed by atoms with Crippen LogP contribution < -0.4 is 10.1 Å². The number of rotatable bonds is 0. The van der Waals surface area contributed by atoms with Gasteiger partial charge in [-0.15, -0.1) is 0 Å². The maximum atomic E-state index is 5.48. The molecule has 1 aromatic carbocycles. The van der Waals surface area contributed by atoms with Gasteiger partial charge in [-0.2, -0.15) is 0 Å². The number of hydrogen-bond donors (Lipinski definition) is 1. The third kappa shape index (κ3) is 0.946. The van der Waals surface area contributed by atoms with Gasteiger partial charge in [0.1, 0.15) is 5.75 Å². The van der Waals surface area contributed by atoms with Gasteiger partial charge in [0.2, 0.25) is 0 Å². The van der Waals surface area contributed by atoms with E-state index in [1.807, 2.05) is 19.1 Å². The van der Waals surface area contributed by atoms with Crippen molar-refractivity contribution in [2.45, 2.75) is 20.1 Å². The van der Waals surface area contributed by atoms with Crippen molar-refractivity contribution < 1.29 is 4.74 Å². The average molecular weight is 149 g/mol. The molecule has 1 aliphatic rings. The Morgan fingerprint density at radius 2 is 2.27 bits per heavy atom. The summed E-state index contributed by atoms with van der Waals surface area (Å²) in [5.41, 5.74) is 2.38. The summed E-state index contributed by atoms with van der Waals surface area (Å²) >= 11 is 0. The van der Waals surface area contributed by atoms with E-state index >= 15 is 0 Å². The van der Waals surface area contributed by atoms with E-state index in [9.17, 15) is 0 Å². The van der Waals surface area contributed by atoms with Crippen molar-refractivity contribution >= 4 is 5.69 Å². The van der Waals surface area contributed by atoms with Crippen LogP contribution >= 0.6 is 0 Å². The number of ether oxygens (including phenoxy) is 1. The molecular formula is C9H11NO. The maximum absolute atomic E-state index is 5.48. The van der Waals surface area contributed by atoms with Gasteiger partial charge in [0.05, 0.1) is 5.69 Å². The van der Waals surface area contributed by atoms with Gasteiger partial charge in [-0.1, -0.05) is 12.1 Å². The van der Waals surface area contributed by atoms with Crippen LogP contribution in [0.2, 0.25) is 0 Å². The molecule has 0 bridgehead atoms. The van der Waals surface area contributed by atoms with E-state index in [2.05, 4.69) is 18.3 Å². The van der Waals surface area contributed by atoms with Gasteiger partial charge in [-0.3, -0.25) is 0 Å². The van der Waals surface area contributed by atoms with Crippen LogP contribution in [0.15, 0.2) is 18.2 Å². The highest BCUT2D eigenvalue weighted by Gasteiger charge is 2.17. The van der Waals surface area contributed by atoms with Gasteiger partial charge >= 0.3 is 0 Å². The predicted molar refractivity (Wildman–Crippen MR) is 44.9 cm³/mol. The Kier molecular flexibility index (Phi) is 1.28. The second-order valence-corrected chi connectivity index (χ2v) is 2.85. The molecule has 1 atom stereocenters. The Balaban J connectivity index is 2.49. The van der Waals surface area contributed by atoms with E-state index in [0.717, 1.165) is 11.4 Å². The van der Waals surface area contributed by atoms with Crippen molar-refractivity contribution in [1.29, 1.82) is 0 Å². The molecule has 1 aliphatic heterocycles. The van der Waals surface area contributed by atoms with Crippen LogP contribution in [-0.2, 0) is 0 Å². The number of anilines is 1. The summed E-state index contributed by atoms with van der Waals surface area (Å²) in [6.07, 6.45) is 0.117. The number of benzene rings is 1. The predicted octanol–water partition coefficient (Wildman–Crippen LogP) is 2.15. The summed E-state index contributed by atoms with van der Waals surface area (Å²) in [7, 11) is 0. The Bertz CT molecular complexity index is 283. The monoisotopic (exact) mass is 149 g/mol. The minimum atomic E-state index is 0.117. The van der Waals surface area contributed by atoms with E-state index in [1.54, 1.807) is 0 Å². The molecule has 0 fully saturated rings. The molecule has 0 amide bonds. The summed E-state index contributed by atoms with van der Waals surface area (Å²) in [5.74, 6) is 0.970. The van der Waals surface area contributed by atoms with E-state index < -0.39 is 0 Å². The zero-order valence-electron chi connectivity index (χ0n) is 6.72. The fourth-order valence-corrected chi connectivity index (χ4v) is 1.35. The molecule has 2 heteroatoms. The van der Waals surface area contributed by atoms with Gasteiger partial charge in [0, 0.05) is 0 Å². The molecule has 2 rings (SSSR count). The van der Waals surface area contributed by atoms with Crippen molar-refractivity contribution in [2.24, 2.45) is 0 Å². The average Bonchev–Trinajstić information content (AvgIpc) is 2.31. The highest BCUT2D eigenvalue weighted by Crippen LogP contribution is 2.33. The summed E-state index contributed by atoms with van der Waals surface area (Å²) in [6.45, 7) is 4.08. The zero-order valence-corrected chi connectivity index (χ0v) is 6.72. The van der Waals surface area contributed by atoms with Crippen LogP contribution in [-0.4, -0.2) is 6.23 Å². The molecule has 2 nitrogen and oxygen atoms in total. The summed E-state index contributed by atoms with van der Waals surface area (Å²) < 4.78 is 5.48. The fourth-order valence-electron chi connectivity index (χ4n) is 1.35. The molecule has 58 valence electrons. The van der Waals surface area contributed by atoms with E-state index in [-0.39, 0.29) is 6.23 Å². The number of aryl methyl sites for hydroxylation is 1. The first kappa shape index (κ1) is 6.53. The van der Waals surface area contributed by atoms with Crippen LogP contribution in [0.5, 0.6) is 5.75 Å². The van der Waals surface area contributed by atoms with Gasteiger partial charge in [0.25, 0.3) is 0 Å². The lowest BCUT2D eigenvalue weighted by molar-refractivity contribution is 0.275. The highest BCUT2D eigenvalue weighted by molar-refractivity contribution is 5.64. The second-order valence-electron chi connectivity index (χ2n) is 2.85. The molecule has 1 heterocycles. The smallest absolute Gasteiger partial charge is 0.167 e. The quantitative estimate of drug-likeness (QED) is 0.610. The molecular weight excluding hydrogens is 138 g/mol. The maximum Gasteiger partial charge on any atom is 0.167 e. The molecule has 0 aliphatic carbocycles. The van der Waals surface area contributed by atoms with Gasteiger partial charge in [-0.25, -0.2) is 0 Å². The normalized spacial score (nSPS) is 20.4. The minimum absolute atomic E-state index is 0.117. The number of hydrogen-bond acceptors (Lipinski definition) is 2. The Morgan fingerprint density at radius 3 is 3.00 bits per heavy atom. The van der Waals surface area contributed by atoms with E-state index in [4.69, 9.17) is 4.74 Å². The lowest BCUT2D eigenvalue weighted by atomic mass is 10.2. The fraction of sp³-hybridized carbons (Fsp3) is 0.333. The van der Waals surface area contributed by atoms with Crippen molar-refractivity contribution in [3.8, 4) is 5.75 Å². The van der Waals surface area contributed by atoms with E-state index in [1.165, 1.54) is 5.56 Å². The molecule has 1 aromatic rings. The summed E-state index contributed by atoms with van der Waals surface area (Å²) in [4.78, 5) is 0. The number of nitrogens with one attached hydrogen (secondary N) is 1. The molecule has 0 spiro atoms. The first-order valence-electron chi connectivity index (χ1n) is 3.80. The molecule has 11 heavy (non-hydrogen) atoms. The zero-order chi connectivity index (χ0) is 7.84. The summed E-state index contributed by atoms with van der Waals surface area (Å²) in [5, 5.41) is 3.24. The van der Waals surface area contributed by atoms with Crippen LogP contribution in [0.4, 0.5) is 5.69 Å². The Hall–Kier alpha value is -1.18. The van der Waals surface area contributed by atoms with Crippen molar-refractivity contribution in [3.63, 3.8) is 0 Å². The standard InChI is InChI=1S/C9H11NO/c1-6-4-3-5-8-9(6)10-7(2)11-8/h3-5,7,10H,1-2H3. The van der Waals surface area contributed by atoms with Gasteiger partial charge < -0.3 is 10.1 Å². The third-order valence-corrected chi connectivity index (χ3v) is 1.89. The van der Waals surface area contributed by atoms with Gasteiger partial charge in [0.15, 0.2) is 6.23 Å². The minimum Gasteiger partial charge on any atom is -0.469 e. The largest absolute Gasteiger partial charge is 0.469 e. The van der Waals surface area contributed by atoms with Crippen LogP contribution in [0, 0.1) is 6.92 Å². The number of fused-ring (bicyclic) bond motifs is 1. The SMILES string of the molecule is Cc1cccc2c1NC(C)O2. The molecule has 0 radical (unpaired) electrons. The van der Waals surface area contributed by atoms with Crippen LogP contribution in [0.1, 0.15) is 12.5 Å². The molecule has 1 N–H and O–H groups in total. The molecule has 0 saturated heterocycles. The lowest BCUT2D eigenvalue weighted by Crippen LogP contribution is -2.14. The van der Waals surface area contributed by atoms with Crippen molar-refractivity contribution in [2.75, 3.05) is 5.32 Å². The first-order chi connectivity index (χ1) is 5.27. The van der Waals surface area contributed by atoms with E-state index in [0.29, 0.717) is 0 Å². The van der Waals surface area contributed by atoms with Crippen LogP contribution in [0.25, 0.3) is 0 Å². The third-order valence-electron chi connectivity index (χ3n) is 1.89. The first-order valence-corrected chi connectivity index (χ1v) is 3.80. The van der Waals surface area contributed by atoms with Crippen LogP contribution in [0.3, 0.4) is 0 Å². The molecule has 0 aromatic heterocycles. The molecule has 1 unspecified atom stereocenters. The van der Waals surface area contributed by atoms with Gasteiger partial charge in [-0.05, 0) is 25.5 Å². The molecule has 0 saturated carbocycles. The highest BCUT2D eigenvalue weighted by atomic mass is 16.5. The second kappa shape index (κ2) is 2.16. The Labute approximate surface area is 66.2 Å². The lowest BCUT2D eigenvalue weighted by Gasteiger charge is -2.01. The number of para-hydroxylation sites is 1. The topological polar surface area (TPSA) is 21.3 Å². The Morgan fingerprint density at radius 1 is 1.45 bits per heavy atom. The van der Waals surface area contributed by atoms with Crippen molar-refractivity contribution in [3.05, 3.63) is 23.8 Å². The van der Waals surface area contributed by atoms with Crippen molar-refractivity contribution in [1.82, 2.24) is 0 Å².